The number of carbonyl (C=O) groups excluding carboxylic acids is 1. The van der Waals surface area contributed by atoms with Crippen LogP contribution >= 0.6 is 11.6 Å². The fourth-order valence-corrected chi connectivity index (χ4v) is 4.84. The number of halogens is 1. The Bertz CT molecular complexity index is 1150. The van der Waals surface area contributed by atoms with Crippen LogP contribution < -0.4 is 10.2 Å². The third-order valence-corrected chi connectivity index (χ3v) is 7.08. The molecule has 7 heteroatoms. The summed E-state index contributed by atoms with van der Waals surface area (Å²) in [5.41, 5.74) is 5.98. The fourth-order valence-electron chi connectivity index (χ4n) is 4.67. The van der Waals surface area contributed by atoms with E-state index in [1.54, 1.807) is 0 Å². The van der Waals surface area contributed by atoms with E-state index in [0.717, 1.165) is 66.9 Å². The topological polar surface area (TPSA) is 53.4 Å². The van der Waals surface area contributed by atoms with Crippen molar-refractivity contribution >= 4 is 23.2 Å². The van der Waals surface area contributed by atoms with Gasteiger partial charge in [-0.15, -0.1) is 0 Å². The van der Waals surface area contributed by atoms with Crippen molar-refractivity contribution in [3.05, 3.63) is 75.8 Å². The molecule has 1 aliphatic rings. The minimum absolute atomic E-state index is 0.104. The lowest BCUT2D eigenvalue weighted by molar-refractivity contribution is 0.0946. The Morgan fingerprint density at radius 3 is 2.41 bits per heavy atom. The highest BCUT2D eigenvalue weighted by molar-refractivity contribution is 6.31. The second-order valence-corrected chi connectivity index (χ2v) is 9.49. The van der Waals surface area contributed by atoms with Gasteiger partial charge in [-0.1, -0.05) is 35.4 Å². The van der Waals surface area contributed by atoms with E-state index in [0.29, 0.717) is 12.2 Å². The van der Waals surface area contributed by atoms with Crippen molar-refractivity contribution in [3.8, 4) is 5.69 Å². The fraction of sp³-hybridized carbons (Fsp3) is 0.407. The second-order valence-electron chi connectivity index (χ2n) is 9.09. The predicted molar refractivity (Wildman–Crippen MR) is 140 cm³/mol. The Balaban J connectivity index is 1.25. The van der Waals surface area contributed by atoms with Gasteiger partial charge in [-0.2, -0.15) is 0 Å². The molecular weight excluding hydrogens is 446 g/mol. The van der Waals surface area contributed by atoms with E-state index >= 15 is 0 Å². The van der Waals surface area contributed by atoms with Crippen LogP contribution in [0.25, 0.3) is 5.69 Å². The van der Waals surface area contributed by atoms with Gasteiger partial charge in [-0.3, -0.25) is 9.69 Å². The zero-order valence-electron chi connectivity index (χ0n) is 20.6. The molecule has 4 rings (SSSR count). The van der Waals surface area contributed by atoms with Gasteiger partial charge >= 0.3 is 0 Å². The zero-order chi connectivity index (χ0) is 24.2. The maximum atomic E-state index is 12.8. The number of rotatable bonds is 7. The van der Waals surface area contributed by atoms with Crippen molar-refractivity contribution in [1.29, 1.82) is 0 Å². The van der Waals surface area contributed by atoms with Crippen LogP contribution in [-0.4, -0.2) is 59.6 Å². The highest BCUT2D eigenvalue weighted by Gasteiger charge is 2.20. The summed E-state index contributed by atoms with van der Waals surface area (Å²) >= 11 is 6.30. The van der Waals surface area contributed by atoms with Crippen molar-refractivity contribution in [2.75, 3.05) is 44.2 Å². The molecule has 3 aromatic rings. The number of amides is 1. The molecule has 0 unspecified atom stereocenters. The van der Waals surface area contributed by atoms with Crippen molar-refractivity contribution < 1.29 is 4.79 Å². The van der Waals surface area contributed by atoms with Gasteiger partial charge in [0.05, 0.1) is 5.69 Å². The van der Waals surface area contributed by atoms with E-state index in [9.17, 15) is 4.79 Å². The number of hydrogen-bond donors (Lipinski definition) is 1. The van der Waals surface area contributed by atoms with E-state index < -0.39 is 0 Å². The SMILES string of the molecule is Cc1ccc(-n2c(C)nc(C(=O)NCCCN3CCN(c4cccc(Cl)c4C)CC3)c2C)cc1. The minimum atomic E-state index is -0.104. The normalized spacial score (nSPS) is 14.4. The van der Waals surface area contributed by atoms with Crippen LogP contribution in [0.1, 0.15) is 39.6 Å². The number of piperazine rings is 1. The highest BCUT2D eigenvalue weighted by atomic mass is 35.5. The summed E-state index contributed by atoms with van der Waals surface area (Å²) in [6.07, 6.45) is 0.915. The molecular formula is C27H34ClN5O. The first-order chi connectivity index (χ1) is 16.3. The molecule has 1 saturated heterocycles. The number of nitrogens with one attached hydrogen (secondary N) is 1. The summed E-state index contributed by atoms with van der Waals surface area (Å²) in [5, 5.41) is 3.89. The molecule has 1 N–H and O–H groups in total. The van der Waals surface area contributed by atoms with Gasteiger partial charge in [0, 0.05) is 49.1 Å². The van der Waals surface area contributed by atoms with Gasteiger partial charge in [0.25, 0.3) is 5.91 Å². The number of aromatic nitrogens is 2. The average Bonchev–Trinajstić information content (AvgIpc) is 3.13. The Morgan fingerprint density at radius 1 is 1.00 bits per heavy atom. The number of imidazole rings is 1. The molecule has 0 spiro atoms. The van der Waals surface area contributed by atoms with Crippen molar-refractivity contribution in [3.63, 3.8) is 0 Å². The Morgan fingerprint density at radius 2 is 1.71 bits per heavy atom. The second kappa shape index (κ2) is 10.6. The van der Waals surface area contributed by atoms with E-state index in [2.05, 4.69) is 64.3 Å². The average molecular weight is 480 g/mol. The van der Waals surface area contributed by atoms with Gasteiger partial charge in [-0.05, 0) is 70.5 Å². The molecule has 2 aromatic carbocycles. The lowest BCUT2D eigenvalue weighted by Gasteiger charge is -2.37. The van der Waals surface area contributed by atoms with Gasteiger partial charge < -0.3 is 14.8 Å². The monoisotopic (exact) mass is 479 g/mol. The Kier molecular flexibility index (Phi) is 7.59. The summed E-state index contributed by atoms with van der Waals surface area (Å²) in [7, 11) is 0. The third-order valence-electron chi connectivity index (χ3n) is 6.67. The number of carbonyl (C=O) groups is 1. The standard InChI is InChI=1S/C27H34ClN5O/c1-19-9-11-23(12-10-19)33-21(3)26(30-22(33)4)27(34)29-13-6-14-31-15-17-32(18-16-31)25-8-5-7-24(28)20(25)2/h5,7-12H,6,13-18H2,1-4H3,(H,29,34). The maximum absolute atomic E-state index is 12.8. The van der Waals surface area contributed by atoms with Gasteiger partial charge in [0.2, 0.25) is 0 Å². The molecule has 0 atom stereocenters. The van der Waals surface area contributed by atoms with Crippen LogP contribution in [0.3, 0.4) is 0 Å². The summed E-state index contributed by atoms with van der Waals surface area (Å²) < 4.78 is 2.04. The third kappa shape index (κ3) is 5.29. The van der Waals surface area contributed by atoms with E-state index in [-0.39, 0.29) is 5.91 Å². The Hall–Kier alpha value is -2.83. The number of aryl methyl sites for hydroxylation is 2. The van der Waals surface area contributed by atoms with Crippen LogP contribution in [0.2, 0.25) is 5.02 Å². The number of benzene rings is 2. The first kappa shape index (κ1) is 24.3. The van der Waals surface area contributed by atoms with Crippen LogP contribution in [0.4, 0.5) is 5.69 Å². The zero-order valence-corrected chi connectivity index (χ0v) is 21.3. The largest absolute Gasteiger partial charge is 0.369 e. The van der Waals surface area contributed by atoms with Gasteiger partial charge in [0.15, 0.2) is 0 Å². The van der Waals surface area contributed by atoms with Gasteiger partial charge in [0.1, 0.15) is 11.5 Å². The van der Waals surface area contributed by atoms with Crippen LogP contribution in [0, 0.1) is 27.7 Å². The maximum Gasteiger partial charge on any atom is 0.271 e. The molecule has 1 amide bonds. The minimum Gasteiger partial charge on any atom is -0.369 e. The van der Waals surface area contributed by atoms with Crippen molar-refractivity contribution in [2.24, 2.45) is 0 Å². The first-order valence-electron chi connectivity index (χ1n) is 12.0. The van der Waals surface area contributed by atoms with Gasteiger partial charge in [-0.25, -0.2) is 4.98 Å². The summed E-state index contributed by atoms with van der Waals surface area (Å²) in [5.74, 6) is 0.715. The number of nitrogens with zero attached hydrogens (tertiary/aromatic N) is 4. The molecule has 0 radical (unpaired) electrons. The first-order valence-corrected chi connectivity index (χ1v) is 12.4. The smallest absolute Gasteiger partial charge is 0.271 e. The van der Waals surface area contributed by atoms with Crippen LogP contribution in [-0.2, 0) is 0 Å². The van der Waals surface area contributed by atoms with Crippen LogP contribution in [0.5, 0.6) is 0 Å². The van der Waals surface area contributed by atoms with Crippen molar-refractivity contribution in [1.82, 2.24) is 19.8 Å². The number of anilines is 1. The summed E-state index contributed by atoms with van der Waals surface area (Å²) in [6.45, 7) is 13.7. The summed E-state index contributed by atoms with van der Waals surface area (Å²) in [4.78, 5) is 22.2. The van der Waals surface area contributed by atoms with E-state index in [1.165, 1.54) is 11.3 Å². The molecule has 0 saturated carbocycles. The lowest BCUT2D eigenvalue weighted by atomic mass is 10.1. The Labute approximate surface area is 207 Å². The highest BCUT2D eigenvalue weighted by Crippen LogP contribution is 2.27. The molecule has 1 aliphatic heterocycles. The molecule has 1 fully saturated rings. The van der Waals surface area contributed by atoms with Crippen molar-refractivity contribution in [2.45, 2.75) is 34.1 Å². The predicted octanol–water partition coefficient (Wildman–Crippen LogP) is 4.70. The molecule has 2 heterocycles. The van der Waals surface area contributed by atoms with E-state index in [4.69, 9.17) is 11.6 Å². The quantitative estimate of drug-likeness (QED) is 0.499. The molecule has 180 valence electrons. The number of hydrogen-bond acceptors (Lipinski definition) is 4. The van der Waals surface area contributed by atoms with Crippen LogP contribution in [0.15, 0.2) is 42.5 Å². The summed E-state index contributed by atoms with van der Waals surface area (Å²) in [6, 6.07) is 14.4. The lowest BCUT2D eigenvalue weighted by Crippen LogP contribution is -2.47. The molecule has 1 aromatic heterocycles. The molecule has 0 bridgehead atoms. The molecule has 6 nitrogen and oxygen atoms in total. The molecule has 0 aliphatic carbocycles. The van der Waals surface area contributed by atoms with E-state index in [1.807, 2.05) is 30.5 Å². The molecule has 34 heavy (non-hydrogen) atoms.